The first-order chi connectivity index (χ1) is 19.3. The smallest absolute Gasteiger partial charge is 0.343 e. The summed E-state index contributed by atoms with van der Waals surface area (Å²) in [6.45, 7) is -0.557. The predicted octanol–water partition coefficient (Wildman–Crippen LogP) is 3.55. The van der Waals surface area contributed by atoms with E-state index in [0.717, 1.165) is 0 Å². The topological polar surface area (TPSA) is 140 Å². The summed E-state index contributed by atoms with van der Waals surface area (Å²) in [4.78, 5) is 37.4. The van der Waals surface area contributed by atoms with Crippen LogP contribution in [-0.2, 0) is 14.8 Å². The summed E-state index contributed by atoms with van der Waals surface area (Å²) in [6.07, 6.45) is 1.21. The summed E-state index contributed by atoms with van der Waals surface area (Å²) >= 11 is 0. The molecule has 0 saturated heterocycles. The van der Waals surface area contributed by atoms with Crippen LogP contribution in [0.2, 0.25) is 0 Å². The van der Waals surface area contributed by atoms with Gasteiger partial charge in [0.25, 0.3) is 5.91 Å². The van der Waals surface area contributed by atoms with E-state index >= 15 is 0 Å². The van der Waals surface area contributed by atoms with Gasteiger partial charge in [-0.1, -0.05) is 54.6 Å². The minimum atomic E-state index is -3.88. The molecule has 0 saturated carbocycles. The van der Waals surface area contributed by atoms with Crippen LogP contribution in [0.4, 0.5) is 0 Å². The fourth-order valence-electron chi connectivity index (χ4n) is 3.30. The maximum absolute atomic E-state index is 12.7. The van der Waals surface area contributed by atoms with E-state index in [2.05, 4.69) is 15.2 Å². The van der Waals surface area contributed by atoms with Crippen molar-refractivity contribution >= 4 is 34.1 Å². The quantitative estimate of drug-likeness (QED) is 0.132. The molecular weight excluding hydrogens is 534 g/mol. The SMILES string of the molecule is O=C(CNS(=O)(=O)c1ccccc1)NN=Cc1ccc(OC(=O)c2ccccc2)cc1OC(=O)c1ccccc1. The van der Waals surface area contributed by atoms with Crippen LogP contribution in [-0.4, -0.2) is 39.0 Å². The zero-order valence-electron chi connectivity index (χ0n) is 20.9. The maximum atomic E-state index is 12.7. The van der Waals surface area contributed by atoms with Crippen LogP contribution < -0.4 is 19.6 Å². The lowest BCUT2D eigenvalue weighted by molar-refractivity contribution is -0.119. The van der Waals surface area contributed by atoms with E-state index < -0.39 is 34.4 Å². The predicted molar refractivity (Wildman–Crippen MR) is 147 cm³/mol. The standard InChI is InChI=1S/C29H23N3O7S/c33-27(20-31-40(36,37)25-14-8-3-9-15-25)32-30-19-23-16-17-24(38-28(34)21-10-4-1-5-11-21)18-26(23)39-29(35)22-12-6-2-7-13-22/h1-19,31H,20H2,(H,32,33). The van der Waals surface area contributed by atoms with Crippen LogP contribution in [0.1, 0.15) is 26.3 Å². The number of sulfonamides is 1. The number of carbonyl (C=O) groups excluding carboxylic acids is 3. The van der Waals surface area contributed by atoms with Gasteiger partial charge in [0.2, 0.25) is 10.0 Å². The highest BCUT2D eigenvalue weighted by Gasteiger charge is 2.16. The van der Waals surface area contributed by atoms with Crippen molar-refractivity contribution < 1.29 is 32.3 Å². The molecular formula is C29H23N3O7S. The van der Waals surface area contributed by atoms with Crippen molar-refractivity contribution in [3.8, 4) is 11.5 Å². The molecule has 0 aliphatic carbocycles. The molecule has 40 heavy (non-hydrogen) atoms. The zero-order valence-corrected chi connectivity index (χ0v) is 21.7. The van der Waals surface area contributed by atoms with E-state index in [1.807, 2.05) is 0 Å². The average Bonchev–Trinajstić information content (AvgIpc) is 2.98. The van der Waals surface area contributed by atoms with Gasteiger partial charge in [-0.25, -0.2) is 28.2 Å². The summed E-state index contributed by atoms with van der Waals surface area (Å²) in [5, 5.41) is 3.84. The van der Waals surface area contributed by atoms with Gasteiger partial charge >= 0.3 is 11.9 Å². The number of esters is 2. The second-order valence-corrected chi connectivity index (χ2v) is 9.91. The monoisotopic (exact) mass is 557 g/mol. The fourth-order valence-corrected chi connectivity index (χ4v) is 4.31. The van der Waals surface area contributed by atoms with Gasteiger partial charge in [-0.2, -0.15) is 5.10 Å². The Morgan fingerprint density at radius 1 is 0.725 bits per heavy atom. The van der Waals surface area contributed by atoms with E-state index in [-0.39, 0.29) is 27.5 Å². The number of hydrogen-bond acceptors (Lipinski definition) is 8. The molecule has 11 heteroatoms. The van der Waals surface area contributed by atoms with Gasteiger partial charge in [0, 0.05) is 11.6 Å². The Hall–Kier alpha value is -5.13. The summed E-state index contributed by atoms with van der Waals surface area (Å²) in [6, 6.07) is 28.5. The first kappa shape index (κ1) is 27.9. The van der Waals surface area contributed by atoms with E-state index in [1.54, 1.807) is 78.9 Å². The highest BCUT2D eigenvalue weighted by atomic mass is 32.2. The second kappa shape index (κ2) is 13.1. The summed E-state index contributed by atoms with van der Waals surface area (Å²) in [5.74, 6) is -1.88. The molecule has 0 radical (unpaired) electrons. The Morgan fingerprint density at radius 2 is 1.27 bits per heavy atom. The van der Waals surface area contributed by atoms with E-state index in [4.69, 9.17) is 9.47 Å². The van der Waals surface area contributed by atoms with Crippen LogP contribution in [0.25, 0.3) is 0 Å². The molecule has 0 atom stereocenters. The number of rotatable bonds is 10. The molecule has 0 fully saturated rings. The average molecular weight is 558 g/mol. The fraction of sp³-hybridized carbons (Fsp3) is 0.0345. The van der Waals surface area contributed by atoms with Crippen LogP contribution in [0, 0.1) is 0 Å². The molecule has 2 N–H and O–H groups in total. The van der Waals surface area contributed by atoms with Crippen LogP contribution >= 0.6 is 0 Å². The van der Waals surface area contributed by atoms with E-state index in [0.29, 0.717) is 5.56 Å². The lowest BCUT2D eigenvalue weighted by atomic mass is 10.2. The van der Waals surface area contributed by atoms with Gasteiger partial charge < -0.3 is 9.47 Å². The molecule has 1 amide bonds. The minimum Gasteiger partial charge on any atom is -0.423 e. The Morgan fingerprint density at radius 3 is 1.88 bits per heavy atom. The van der Waals surface area contributed by atoms with Crippen molar-refractivity contribution in [1.29, 1.82) is 0 Å². The number of nitrogens with one attached hydrogen (secondary N) is 2. The zero-order chi connectivity index (χ0) is 28.4. The largest absolute Gasteiger partial charge is 0.423 e. The van der Waals surface area contributed by atoms with Gasteiger partial charge in [-0.3, -0.25) is 4.79 Å². The van der Waals surface area contributed by atoms with Crippen molar-refractivity contribution in [3.63, 3.8) is 0 Å². The number of ether oxygens (including phenoxy) is 2. The molecule has 0 bridgehead atoms. The lowest BCUT2D eigenvalue weighted by Gasteiger charge is -2.11. The molecule has 4 rings (SSSR count). The Labute approximate surface area is 230 Å². The number of hydrogen-bond donors (Lipinski definition) is 2. The minimum absolute atomic E-state index is 0.00925. The molecule has 0 aromatic heterocycles. The number of amides is 1. The molecule has 4 aromatic carbocycles. The van der Waals surface area contributed by atoms with Gasteiger partial charge in [0.05, 0.1) is 28.8 Å². The normalized spacial score (nSPS) is 11.1. The molecule has 0 aliphatic rings. The van der Waals surface area contributed by atoms with Crippen molar-refractivity contribution in [2.24, 2.45) is 5.10 Å². The number of nitrogens with zero attached hydrogens (tertiary/aromatic N) is 1. The van der Waals surface area contributed by atoms with Crippen molar-refractivity contribution in [2.45, 2.75) is 4.90 Å². The van der Waals surface area contributed by atoms with Gasteiger partial charge in [0.1, 0.15) is 11.5 Å². The van der Waals surface area contributed by atoms with Crippen molar-refractivity contribution in [2.75, 3.05) is 6.54 Å². The first-order valence-electron chi connectivity index (χ1n) is 11.9. The van der Waals surface area contributed by atoms with E-state index in [1.165, 1.54) is 36.5 Å². The van der Waals surface area contributed by atoms with Gasteiger partial charge in [-0.05, 0) is 48.5 Å². The molecule has 202 valence electrons. The maximum Gasteiger partial charge on any atom is 0.343 e. The van der Waals surface area contributed by atoms with Crippen LogP contribution in [0.15, 0.2) is 119 Å². The summed E-state index contributed by atoms with van der Waals surface area (Å²) in [5.41, 5.74) is 3.11. The summed E-state index contributed by atoms with van der Waals surface area (Å²) in [7, 11) is -3.88. The molecule has 0 aliphatic heterocycles. The molecule has 0 unspecified atom stereocenters. The van der Waals surface area contributed by atoms with E-state index in [9.17, 15) is 22.8 Å². The Kier molecular flexibility index (Phi) is 9.13. The van der Waals surface area contributed by atoms with Crippen LogP contribution in [0.5, 0.6) is 11.5 Å². The third-order valence-corrected chi connectivity index (χ3v) is 6.70. The van der Waals surface area contributed by atoms with Crippen molar-refractivity contribution in [3.05, 3.63) is 126 Å². The molecule has 4 aromatic rings. The number of benzene rings is 4. The van der Waals surface area contributed by atoms with Crippen molar-refractivity contribution in [1.82, 2.24) is 10.1 Å². The number of carbonyl (C=O) groups is 3. The highest BCUT2D eigenvalue weighted by molar-refractivity contribution is 7.89. The Bertz CT molecular complexity index is 1630. The molecule has 0 spiro atoms. The third kappa shape index (κ3) is 7.69. The van der Waals surface area contributed by atoms with Gasteiger partial charge in [-0.15, -0.1) is 0 Å². The molecule has 10 nitrogen and oxygen atoms in total. The Balaban J connectivity index is 1.46. The lowest BCUT2D eigenvalue weighted by Crippen LogP contribution is -2.34. The number of hydrazone groups is 1. The first-order valence-corrected chi connectivity index (χ1v) is 13.4. The van der Waals surface area contributed by atoms with Gasteiger partial charge in [0.15, 0.2) is 0 Å². The van der Waals surface area contributed by atoms with Crippen LogP contribution in [0.3, 0.4) is 0 Å². The second-order valence-electron chi connectivity index (χ2n) is 8.14. The summed E-state index contributed by atoms with van der Waals surface area (Å²) < 4.78 is 37.7. The highest BCUT2D eigenvalue weighted by Crippen LogP contribution is 2.26. The third-order valence-electron chi connectivity index (χ3n) is 5.29. The molecule has 0 heterocycles.